The number of primary amides is 1. The number of aryl methyl sites for hydroxylation is 2. The first kappa shape index (κ1) is 21.3. The monoisotopic (exact) mass is 431 g/mol. The Morgan fingerprint density at radius 1 is 1.19 bits per heavy atom. The van der Waals surface area contributed by atoms with Crippen molar-refractivity contribution in [3.63, 3.8) is 0 Å². The van der Waals surface area contributed by atoms with E-state index in [1.807, 2.05) is 37.3 Å². The van der Waals surface area contributed by atoms with Crippen molar-refractivity contribution in [1.29, 1.82) is 0 Å². The number of amides is 2. The van der Waals surface area contributed by atoms with Gasteiger partial charge in [0, 0.05) is 37.6 Å². The van der Waals surface area contributed by atoms with Crippen LogP contribution in [-0.4, -0.2) is 39.0 Å². The molecule has 8 heteroatoms. The maximum atomic E-state index is 11.7. The van der Waals surface area contributed by atoms with Gasteiger partial charge in [-0.15, -0.1) is 0 Å². The molecule has 32 heavy (non-hydrogen) atoms. The van der Waals surface area contributed by atoms with Crippen molar-refractivity contribution in [3.8, 4) is 17.0 Å². The van der Waals surface area contributed by atoms with Gasteiger partial charge in [0.25, 0.3) is 0 Å². The van der Waals surface area contributed by atoms with Crippen LogP contribution in [0.2, 0.25) is 0 Å². The van der Waals surface area contributed by atoms with Gasteiger partial charge in [0.2, 0.25) is 11.8 Å². The topological polar surface area (TPSA) is 123 Å². The lowest BCUT2D eigenvalue weighted by Crippen LogP contribution is -2.22. The number of hydrogen-bond acceptors (Lipinski definition) is 5. The molecule has 2 aromatic carbocycles. The van der Waals surface area contributed by atoms with Crippen molar-refractivity contribution in [1.82, 2.24) is 15.1 Å². The molecule has 0 radical (unpaired) electrons. The van der Waals surface area contributed by atoms with Crippen molar-refractivity contribution in [2.24, 2.45) is 17.8 Å². The highest BCUT2D eigenvalue weighted by Gasteiger charge is 2.25. The summed E-state index contributed by atoms with van der Waals surface area (Å²) in [6.07, 6.45) is 1.61. The average Bonchev–Trinajstić information content (AvgIpc) is 3.31. The van der Waals surface area contributed by atoms with Gasteiger partial charge < -0.3 is 16.2 Å². The highest BCUT2D eigenvalue weighted by atomic mass is 16.3. The third kappa shape index (κ3) is 4.12. The number of nitrogens with zero attached hydrogens (tertiary/aromatic N) is 3. The molecule has 1 aromatic heterocycles. The Balaban J connectivity index is 1.57. The predicted octanol–water partition coefficient (Wildman–Crippen LogP) is 2.64. The number of fused-ring (bicyclic) bond motifs is 1. The van der Waals surface area contributed by atoms with Gasteiger partial charge in [0.1, 0.15) is 11.4 Å². The van der Waals surface area contributed by atoms with Crippen LogP contribution in [0.25, 0.3) is 11.3 Å². The summed E-state index contributed by atoms with van der Waals surface area (Å²) in [7, 11) is 1.76. The van der Waals surface area contributed by atoms with Gasteiger partial charge in [-0.3, -0.25) is 19.3 Å². The lowest BCUT2D eigenvalue weighted by molar-refractivity contribution is -0.120. The number of benzene rings is 2. The molecule has 0 saturated heterocycles. The van der Waals surface area contributed by atoms with Crippen molar-refractivity contribution < 1.29 is 14.7 Å². The smallest absolute Gasteiger partial charge is 0.248 e. The van der Waals surface area contributed by atoms with Crippen LogP contribution in [0.5, 0.6) is 5.75 Å². The summed E-state index contributed by atoms with van der Waals surface area (Å²) in [6.45, 7) is 2.52. The van der Waals surface area contributed by atoms with E-state index < -0.39 is 5.91 Å². The van der Waals surface area contributed by atoms with Crippen LogP contribution in [0.1, 0.15) is 40.5 Å². The number of hydrogen-bond donors (Lipinski definition) is 3. The van der Waals surface area contributed by atoms with E-state index in [1.54, 1.807) is 23.9 Å². The van der Waals surface area contributed by atoms with Crippen molar-refractivity contribution in [2.45, 2.75) is 26.2 Å². The maximum absolute atomic E-state index is 11.7. The lowest BCUT2D eigenvalue weighted by Gasteiger charge is -2.04. The first-order valence-electron chi connectivity index (χ1n) is 10.5. The second-order valence-corrected chi connectivity index (χ2v) is 7.76. The number of aromatic hydroxyl groups is 1. The summed E-state index contributed by atoms with van der Waals surface area (Å²) in [4.78, 5) is 27.7. The van der Waals surface area contributed by atoms with Crippen LogP contribution >= 0.6 is 0 Å². The van der Waals surface area contributed by atoms with E-state index >= 15 is 0 Å². The number of aromatic nitrogens is 2. The summed E-state index contributed by atoms with van der Waals surface area (Å²) < 4.78 is 1.62. The van der Waals surface area contributed by atoms with Crippen LogP contribution < -0.4 is 11.1 Å². The molecule has 2 heterocycles. The molecule has 0 unspecified atom stereocenters. The molecule has 2 amide bonds. The third-order valence-electron chi connectivity index (χ3n) is 5.52. The van der Waals surface area contributed by atoms with Gasteiger partial charge >= 0.3 is 0 Å². The number of rotatable bonds is 7. The molecule has 0 aliphatic carbocycles. The summed E-state index contributed by atoms with van der Waals surface area (Å²) in [5.41, 5.74) is 10.9. The molecule has 164 valence electrons. The standard InChI is InChI=1S/C24H25N5O3/c1-3-26-20(30)11-6-14-4-7-15(8-5-14)21-23(31)22(29(2)28-21)19-12-16-9-10-17(24(25)32)13-18(16)27-19/h4-5,7-10,13,31H,3,6,11-12H2,1-2H3,(H2,25,32)(H,26,30). The molecule has 1 aliphatic rings. The van der Waals surface area contributed by atoms with Crippen LogP contribution in [0.4, 0.5) is 5.69 Å². The van der Waals surface area contributed by atoms with Crippen LogP contribution in [0.3, 0.4) is 0 Å². The van der Waals surface area contributed by atoms with Gasteiger partial charge in [-0.2, -0.15) is 5.10 Å². The second kappa shape index (κ2) is 8.66. The van der Waals surface area contributed by atoms with Crippen LogP contribution in [0.15, 0.2) is 47.5 Å². The number of nitrogens with one attached hydrogen (secondary N) is 1. The Morgan fingerprint density at radius 3 is 2.62 bits per heavy atom. The van der Waals surface area contributed by atoms with E-state index in [0.717, 1.165) is 16.7 Å². The Kier molecular flexibility index (Phi) is 5.77. The Hall–Kier alpha value is -3.94. The maximum Gasteiger partial charge on any atom is 0.248 e. The van der Waals surface area contributed by atoms with Gasteiger partial charge in [-0.25, -0.2) is 0 Å². The third-order valence-corrected chi connectivity index (χ3v) is 5.52. The summed E-state index contributed by atoms with van der Waals surface area (Å²) >= 11 is 0. The fourth-order valence-electron chi connectivity index (χ4n) is 3.88. The summed E-state index contributed by atoms with van der Waals surface area (Å²) in [5.74, 6) is -0.411. The number of carbonyl (C=O) groups excluding carboxylic acids is 2. The van der Waals surface area contributed by atoms with Gasteiger partial charge in [0.05, 0.1) is 11.4 Å². The molecule has 8 nitrogen and oxygen atoms in total. The molecule has 4 N–H and O–H groups in total. The molecule has 1 aliphatic heterocycles. The van der Waals surface area contributed by atoms with Crippen molar-refractivity contribution in [3.05, 3.63) is 64.8 Å². The van der Waals surface area contributed by atoms with Crippen LogP contribution in [-0.2, 0) is 24.7 Å². The van der Waals surface area contributed by atoms with E-state index in [1.165, 1.54) is 0 Å². The van der Waals surface area contributed by atoms with Gasteiger partial charge in [-0.1, -0.05) is 30.3 Å². The highest BCUT2D eigenvalue weighted by Crippen LogP contribution is 2.36. The molecular weight excluding hydrogens is 406 g/mol. The fraction of sp³-hybridized carbons (Fsp3) is 0.250. The zero-order chi connectivity index (χ0) is 22.8. The molecule has 0 saturated carbocycles. The number of nitrogens with two attached hydrogens (primary N) is 1. The quantitative estimate of drug-likeness (QED) is 0.532. The minimum Gasteiger partial charge on any atom is -0.504 e. The molecule has 4 rings (SSSR count). The van der Waals surface area contributed by atoms with Gasteiger partial charge in [0.15, 0.2) is 5.75 Å². The van der Waals surface area contributed by atoms with E-state index in [0.29, 0.717) is 54.2 Å². The number of carbonyl (C=O) groups is 2. The Morgan fingerprint density at radius 2 is 1.94 bits per heavy atom. The largest absolute Gasteiger partial charge is 0.504 e. The lowest BCUT2D eigenvalue weighted by atomic mass is 10.0. The molecule has 0 atom stereocenters. The van der Waals surface area contributed by atoms with Gasteiger partial charge in [-0.05, 0) is 36.6 Å². The van der Waals surface area contributed by atoms with E-state index in [4.69, 9.17) is 5.73 Å². The highest BCUT2D eigenvalue weighted by molar-refractivity contribution is 6.08. The first-order chi connectivity index (χ1) is 15.4. The van der Waals surface area contributed by atoms with Crippen molar-refractivity contribution >= 4 is 23.2 Å². The fourth-order valence-corrected chi connectivity index (χ4v) is 3.88. The average molecular weight is 431 g/mol. The van der Waals surface area contributed by atoms with E-state index in [2.05, 4.69) is 15.4 Å². The van der Waals surface area contributed by atoms with E-state index in [9.17, 15) is 14.7 Å². The first-order valence-corrected chi connectivity index (χ1v) is 10.5. The Bertz CT molecular complexity index is 1230. The minimum absolute atomic E-state index is 0.0323. The zero-order valence-electron chi connectivity index (χ0n) is 18.1. The zero-order valence-corrected chi connectivity index (χ0v) is 18.1. The summed E-state index contributed by atoms with van der Waals surface area (Å²) in [5, 5.41) is 18.3. The second-order valence-electron chi connectivity index (χ2n) is 7.76. The normalized spacial score (nSPS) is 12.4. The summed E-state index contributed by atoms with van der Waals surface area (Å²) in [6, 6.07) is 12.8. The molecule has 3 aromatic rings. The molecule has 0 bridgehead atoms. The molecule has 0 spiro atoms. The predicted molar refractivity (Wildman–Crippen MR) is 122 cm³/mol. The molecule has 0 fully saturated rings. The molecular formula is C24H25N5O3. The van der Waals surface area contributed by atoms with Crippen molar-refractivity contribution in [2.75, 3.05) is 6.54 Å². The van der Waals surface area contributed by atoms with E-state index in [-0.39, 0.29) is 11.7 Å². The minimum atomic E-state index is -0.503. The SMILES string of the molecule is CCNC(=O)CCc1ccc(-c2nn(C)c(C3=Nc4cc(C(N)=O)ccc4C3)c2O)cc1. The number of aliphatic imine (C=N–C) groups is 1. The van der Waals surface area contributed by atoms with Crippen LogP contribution in [0, 0.1) is 0 Å². The Labute approximate surface area is 185 Å².